The zero-order valence-electron chi connectivity index (χ0n) is 9.32. The van der Waals surface area contributed by atoms with E-state index in [1.807, 2.05) is 13.0 Å². The first kappa shape index (κ1) is 12.0. The van der Waals surface area contributed by atoms with E-state index in [1.165, 1.54) is 7.11 Å². The molecule has 0 fully saturated rings. The second-order valence-corrected chi connectivity index (χ2v) is 3.19. The lowest BCUT2D eigenvalue weighted by atomic mass is 10.0. The monoisotopic (exact) mass is 215 g/mol. The summed E-state index contributed by atoms with van der Waals surface area (Å²) in [6.45, 7) is 2.63. The number of nitrogens with one attached hydrogen (secondary N) is 1. The Morgan fingerprint density at radius 2 is 2.19 bits per heavy atom. The first-order chi connectivity index (χ1) is 7.76. The molecule has 1 aromatic rings. The van der Waals surface area contributed by atoms with Crippen LogP contribution in [-0.4, -0.2) is 13.7 Å². The molecule has 82 valence electrons. The molecule has 0 radical (unpaired) electrons. The number of ether oxygens (including phenoxy) is 1. The lowest BCUT2D eigenvalue weighted by Gasteiger charge is -2.11. The highest BCUT2D eigenvalue weighted by molar-refractivity contribution is 5.46. The van der Waals surface area contributed by atoms with Gasteiger partial charge in [0.25, 0.3) is 0 Å². The van der Waals surface area contributed by atoms with Gasteiger partial charge >= 0.3 is 0 Å². The van der Waals surface area contributed by atoms with Crippen molar-refractivity contribution in [2.45, 2.75) is 13.0 Å². The Labute approximate surface area is 95.1 Å². The van der Waals surface area contributed by atoms with Crippen molar-refractivity contribution in [3.8, 4) is 17.9 Å². The van der Waals surface area contributed by atoms with E-state index < -0.39 is 0 Å². The Balaban J connectivity index is 3.08. The normalized spacial score (nSPS) is 11.2. The number of methoxy groups -OCH3 is 1. The zero-order valence-corrected chi connectivity index (χ0v) is 9.32. The molecule has 0 aromatic heterocycles. The molecule has 0 aliphatic heterocycles. The molecule has 4 nitrogen and oxygen atoms in total. The van der Waals surface area contributed by atoms with Crippen LogP contribution in [0.3, 0.4) is 0 Å². The number of rotatable bonds is 4. The molecule has 1 N–H and O–H groups in total. The largest absolute Gasteiger partial charge is 0.495 e. The number of nitriles is 2. The molecule has 0 saturated heterocycles. The van der Waals surface area contributed by atoms with Crippen LogP contribution >= 0.6 is 0 Å². The third-order valence-electron chi connectivity index (χ3n) is 2.21. The highest BCUT2D eigenvalue weighted by Gasteiger charge is 2.11. The smallest absolute Gasteiger partial charge is 0.136 e. The average molecular weight is 215 g/mol. The molecule has 0 aliphatic rings. The van der Waals surface area contributed by atoms with Crippen molar-refractivity contribution in [3.05, 3.63) is 29.3 Å². The summed E-state index contributed by atoms with van der Waals surface area (Å²) in [7, 11) is 1.52. The van der Waals surface area contributed by atoms with E-state index in [0.29, 0.717) is 17.9 Å². The van der Waals surface area contributed by atoms with E-state index in [4.69, 9.17) is 15.3 Å². The van der Waals surface area contributed by atoms with Crippen LogP contribution in [0.2, 0.25) is 0 Å². The maximum absolute atomic E-state index is 8.97. The maximum Gasteiger partial charge on any atom is 0.136 e. The van der Waals surface area contributed by atoms with Crippen LogP contribution in [0.15, 0.2) is 18.2 Å². The summed E-state index contributed by atoms with van der Waals surface area (Å²) in [5.41, 5.74) is 1.22. The van der Waals surface area contributed by atoms with Gasteiger partial charge in [-0.3, -0.25) is 5.32 Å². The second kappa shape index (κ2) is 5.75. The predicted octanol–water partition coefficient (Wildman–Crippen LogP) is 1.74. The standard InChI is InChI=1S/C12H13N3O/c1-3-15-11(8-14)9-4-5-12(16-2)10(6-9)7-13/h4-6,11,15H,3H2,1-2H3. The van der Waals surface area contributed by atoms with Gasteiger partial charge in [-0.1, -0.05) is 13.0 Å². The van der Waals surface area contributed by atoms with Crippen LogP contribution < -0.4 is 10.1 Å². The Hall–Kier alpha value is -2.04. The highest BCUT2D eigenvalue weighted by Crippen LogP contribution is 2.22. The SMILES string of the molecule is CCNC(C#N)c1ccc(OC)c(C#N)c1. The van der Waals surface area contributed by atoms with E-state index in [1.54, 1.807) is 18.2 Å². The third kappa shape index (κ3) is 2.50. The van der Waals surface area contributed by atoms with Gasteiger partial charge in [-0.15, -0.1) is 0 Å². The molecule has 0 heterocycles. The van der Waals surface area contributed by atoms with Crippen LogP contribution in [0.25, 0.3) is 0 Å². The molecule has 1 atom stereocenters. The van der Waals surface area contributed by atoms with Gasteiger partial charge in [0.05, 0.1) is 18.7 Å². The zero-order chi connectivity index (χ0) is 12.0. The molecule has 1 rings (SSSR count). The lowest BCUT2D eigenvalue weighted by Crippen LogP contribution is -2.19. The molecule has 0 aliphatic carbocycles. The molecule has 0 bridgehead atoms. The molecule has 0 spiro atoms. The predicted molar refractivity (Wildman–Crippen MR) is 59.7 cm³/mol. The topological polar surface area (TPSA) is 68.8 Å². The van der Waals surface area contributed by atoms with Crippen molar-refractivity contribution in [1.82, 2.24) is 5.32 Å². The number of benzene rings is 1. The van der Waals surface area contributed by atoms with Crippen LogP contribution in [0.1, 0.15) is 24.1 Å². The van der Waals surface area contributed by atoms with Crippen LogP contribution in [0, 0.1) is 22.7 Å². The van der Waals surface area contributed by atoms with Crippen molar-refractivity contribution < 1.29 is 4.74 Å². The molecule has 1 unspecified atom stereocenters. The quantitative estimate of drug-likeness (QED) is 0.830. The van der Waals surface area contributed by atoms with Crippen LogP contribution in [0.5, 0.6) is 5.75 Å². The number of nitrogens with zero attached hydrogens (tertiary/aromatic N) is 2. The maximum atomic E-state index is 8.97. The number of hydrogen-bond acceptors (Lipinski definition) is 4. The first-order valence-corrected chi connectivity index (χ1v) is 4.97. The Morgan fingerprint density at radius 3 is 2.69 bits per heavy atom. The van der Waals surface area contributed by atoms with Crippen molar-refractivity contribution in [2.75, 3.05) is 13.7 Å². The third-order valence-corrected chi connectivity index (χ3v) is 2.21. The summed E-state index contributed by atoms with van der Waals surface area (Å²) in [5.74, 6) is 0.527. The molecular weight excluding hydrogens is 202 g/mol. The summed E-state index contributed by atoms with van der Waals surface area (Å²) in [6, 6.07) is 8.97. The van der Waals surface area contributed by atoms with Crippen molar-refractivity contribution in [2.24, 2.45) is 0 Å². The van der Waals surface area contributed by atoms with E-state index in [2.05, 4.69) is 11.4 Å². The van der Waals surface area contributed by atoms with Gasteiger partial charge in [0.1, 0.15) is 17.9 Å². The van der Waals surface area contributed by atoms with E-state index in [9.17, 15) is 0 Å². The molecule has 0 saturated carbocycles. The molecule has 16 heavy (non-hydrogen) atoms. The van der Waals surface area contributed by atoms with Gasteiger partial charge < -0.3 is 4.74 Å². The number of hydrogen-bond donors (Lipinski definition) is 1. The summed E-state index contributed by atoms with van der Waals surface area (Å²) in [5, 5.41) is 20.9. The fraction of sp³-hybridized carbons (Fsp3) is 0.333. The molecular formula is C12H13N3O. The van der Waals surface area contributed by atoms with E-state index in [-0.39, 0.29) is 6.04 Å². The Morgan fingerprint density at radius 1 is 1.44 bits per heavy atom. The van der Waals surface area contributed by atoms with Crippen LogP contribution in [-0.2, 0) is 0 Å². The first-order valence-electron chi connectivity index (χ1n) is 4.97. The van der Waals surface area contributed by atoms with Gasteiger partial charge in [-0.25, -0.2) is 0 Å². The van der Waals surface area contributed by atoms with Gasteiger partial charge in [-0.2, -0.15) is 10.5 Å². The highest BCUT2D eigenvalue weighted by atomic mass is 16.5. The lowest BCUT2D eigenvalue weighted by molar-refractivity contribution is 0.413. The van der Waals surface area contributed by atoms with Crippen molar-refractivity contribution in [1.29, 1.82) is 10.5 Å². The summed E-state index contributed by atoms with van der Waals surface area (Å²) in [4.78, 5) is 0. The molecule has 1 aromatic carbocycles. The van der Waals surface area contributed by atoms with Gasteiger partial charge in [0.2, 0.25) is 0 Å². The fourth-order valence-electron chi connectivity index (χ4n) is 1.43. The fourth-order valence-corrected chi connectivity index (χ4v) is 1.43. The molecule has 0 amide bonds. The minimum atomic E-state index is -0.386. The minimum absolute atomic E-state index is 0.386. The minimum Gasteiger partial charge on any atom is -0.495 e. The van der Waals surface area contributed by atoms with Crippen molar-refractivity contribution in [3.63, 3.8) is 0 Å². The summed E-state index contributed by atoms with van der Waals surface area (Å²) >= 11 is 0. The van der Waals surface area contributed by atoms with Gasteiger partial charge in [-0.05, 0) is 24.2 Å². The second-order valence-electron chi connectivity index (χ2n) is 3.19. The van der Waals surface area contributed by atoms with Crippen LogP contribution in [0.4, 0.5) is 0 Å². The summed E-state index contributed by atoms with van der Waals surface area (Å²) in [6.07, 6.45) is 0. The van der Waals surface area contributed by atoms with E-state index >= 15 is 0 Å². The Bertz CT molecular complexity index is 443. The van der Waals surface area contributed by atoms with E-state index in [0.717, 1.165) is 5.56 Å². The van der Waals surface area contributed by atoms with Gasteiger partial charge in [0, 0.05) is 0 Å². The summed E-state index contributed by atoms with van der Waals surface area (Å²) < 4.78 is 5.04. The molecule has 4 heteroatoms. The van der Waals surface area contributed by atoms with Gasteiger partial charge in [0.15, 0.2) is 0 Å². The average Bonchev–Trinajstić information content (AvgIpc) is 2.35. The Kier molecular flexibility index (Phi) is 4.32. The van der Waals surface area contributed by atoms with Crippen molar-refractivity contribution >= 4 is 0 Å².